The summed E-state index contributed by atoms with van der Waals surface area (Å²) in [5.41, 5.74) is 1.57. The maximum Gasteiger partial charge on any atom is 0.227 e. The van der Waals surface area contributed by atoms with Crippen LogP contribution in [0.25, 0.3) is 10.9 Å². The molecule has 0 bridgehead atoms. The third-order valence-corrected chi connectivity index (χ3v) is 3.53. The number of rotatable bonds is 6. The molecule has 5 heteroatoms. The van der Waals surface area contributed by atoms with Crippen molar-refractivity contribution in [2.45, 2.75) is 6.42 Å². The van der Waals surface area contributed by atoms with Gasteiger partial charge < -0.3 is 14.8 Å². The van der Waals surface area contributed by atoms with Gasteiger partial charge in [-0.3, -0.25) is 9.78 Å². The van der Waals surface area contributed by atoms with Crippen molar-refractivity contribution >= 4 is 22.5 Å². The van der Waals surface area contributed by atoms with Gasteiger partial charge in [-0.15, -0.1) is 0 Å². The molecule has 1 N–H and O–H groups in total. The molecule has 3 rings (SSSR count). The number of hydrogen-bond acceptors (Lipinski definition) is 4. The molecule has 2 aromatic carbocycles. The highest BCUT2D eigenvalue weighted by molar-refractivity contribution is 5.93. The third-order valence-electron chi connectivity index (χ3n) is 3.53. The summed E-state index contributed by atoms with van der Waals surface area (Å²) >= 11 is 0. The first kappa shape index (κ1) is 15.8. The van der Waals surface area contributed by atoms with Crippen molar-refractivity contribution in [1.29, 1.82) is 0 Å². The predicted molar refractivity (Wildman–Crippen MR) is 93.5 cm³/mol. The highest BCUT2D eigenvalue weighted by Crippen LogP contribution is 2.25. The molecule has 5 nitrogen and oxygen atoms in total. The number of nitrogens with one attached hydrogen (secondary N) is 1. The van der Waals surface area contributed by atoms with E-state index in [1.165, 1.54) is 0 Å². The monoisotopic (exact) mass is 322 g/mol. The van der Waals surface area contributed by atoms with E-state index < -0.39 is 0 Å². The largest absolute Gasteiger partial charge is 0.493 e. The molecule has 0 aliphatic rings. The number of aromatic nitrogens is 1. The van der Waals surface area contributed by atoms with Crippen LogP contribution >= 0.6 is 0 Å². The highest BCUT2D eigenvalue weighted by atomic mass is 16.5. The molecule has 0 aliphatic heterocycles. The Bertz CT molecular complexity index is 849. The number of nitrogens with zero attached hydrogens (tertiary/aromatic N) is 1. The summed E-state index contributed by atoms with van der Waals surface area (Å²) in [4.78, 5) is 16.4. The fraction of sp³-hybridized carbons (Fsp3) is 0.158. The van der Waals surface area contributed by atoms with Crippen LogP contribution in [0.1, 0.15) is 6.42 Å². The average molecular weight is 322 g/mol. The van der Waals surface area contributed by atoms with Gasteiger partial charge in [-0.2, -0.15) is 0 Å². The van der Waals surface area contributed by atoms with Gasteiger partial charge in [0.15, 0.2) is 11.5 Å². The molecule has 0 atom stereocenters. The van der Waals surface area contributed by atoms with E-state index in [-0.39, 0.29) is 18.9 Å². The van der Waals surface area contributed by atoms with Gasteiger partial charge in [-0.1, -0.05) is 30.3 Å². The maximum atomic E-state index is 12.0. The van der Waals surface area contributed by atoms with Crippen LogP contribution < -0.4 is 14.8 Å². The fourth-order valence-corrected chi connectivity index (χ4v) is 2.35. The Labute approximate surface area is 140 Å². The summed E-state index contributed by atoms with van der Waals surface area (Å²) in [5, 5.41) is 3.82. The van der Waals surface area contributed by atoms with E-state index in [0.29, 0.717) is 17.2 Å². The van der Waals surface area contributed by atoms with Gasteiger partial charge in [-0.05, 0) is 24.3 Å². The van der Waals surface area contributed by atoms with Crippen molar-refractivity contribution in [1.82, 2.24) is 4.98 Å². The maximum absolute atomic E-state index is 12.0. The van der Waals surface area contributed by atoms with Crippen molar-refractivity contribution in [3.63, 3.8) is 0 Å². The van der Waals surface area contributed by atoms with Crippen LogP contribution in [0.4, 0.5) is 5.69 Å². The normalized spacial score (nSPS) is 10.4. The summed E-state index contributed by atoms with van der Waals surface area (Å²) in [6.07, 6.45) is 1.90. The number of carbonyl (C=O) groups excluding carboxylic acids is 1. The summed E-state index contributed by atoms with van der Waals surface area (Å²) in [6.45, 7) is 0.271. The molecular weight excluding hydrogens is 304 g/mol. The number of methoxy groups -OCH3 is 1. The molecule has 0 aliphatic carbocycles. The molecule has 0 unspecified atom stereocenters. The zero-order valence-corrected chi connectivity index (χ0v) is 13.4. The molecule has 0 radical (unpaired) electrons. The second kappa shape index (κ2) is 7.46. The van der Waals surface area contributed by atoms with Crippen LogP contribution in [0, 0.1) is 0 Å². The smallest absolute Gasteiger partial charge is 0.227 e. The number of ether oxygens (including phenoxy) is 2. The number of amides is 1. The van der Waals surface area contributed by atoms with Crippen LogP contribution in [0.3, 0.4) is 0 Å². The average Bonchev–Trinajstić information content (AvgIpc) is 2.62. The predicted octanol–water partition coefficient (Wildman–Crippen LogP) is 3.65. The zero-order valence-electron chi connectivity index (χ0n) is 13.4. The second-order valence-electron chi connectivity index (χ2n) is 5.21. The van der Waals surface area contributed by atoms with Gasteiger partial charge in [0.05, 0.1) is 37.5 Å². The third kappa shape index (κ3) is 3.81. The first-order chi connectivity index (χ1) is 11.8. The highest BCUT2D eigenvalue weighted by Gasteiger charge is 2.06. The van der Waals surface area contributed by atoms with E-state index in [0.717, 1.165) is 10.9 Å². The van der Waals surface area contributed by atoms with Crippen LogP contribution in [-0.4, -0.2) is 24.6 Å². The summed E-state index contributed by atoms with van der Waals surface area (Å²) < 4.78 is 10.8. The molecule has 0 spiro atoms. The van der Waals surface area contributed by atoms with E-state index >= 15 is 0 Å². The quantitative estimate of drug-likeness (QED) is 0.752. The summed E-state index contributed by atoms with van der Waals surface area (Å²) in [5.74, 6) is 1.15. The van der Waals surface area contributed by atoms with Crippen LogP contribution in [0.5, 0.6) is 11.5 Å². The molecule has 1 aromatic heterocycles. The number of benzene rings is 2. The zero-order chi connectivity index (χ0) is 16.8. The minimum Gasteiger partial charge on any atom is -0.493 e. The van der Waals surface area contributed by atoms with Crippen molar-refractivity contribution < 1.29 is 14.3 Å². The molecule has 1 amide bonds. The standard InChI is InChI=1S/C19H18N2O3/c1-23-17-8-4-5-9-18(17)24-11-10-19(22)21-15-12-14-6-2-3-7-16(14)20-13-15/h2-9,12-13H,10-11H2,1H3,(H,21,22). The minimum atomic E-state index is -0.123. The molecular formula is C19H18N2O3. The molecule has 122 valence electrons. The molecule has 0 saturated carbocycles. The Balaban J connectivity index is 1.55. The Morgan fingerprint density at radius 1 is 1.08 bits per heavy atom. The Morgan fingerprint density at radius 2 is 1.83 bits per heavy atom. The van der Waals surface area contributed by atoms with Crippen LogP contribution in [-0.2, 0) is 4.79 Å². The molecule has 1 heterocycles. The van der Waals surface area contributed by atoms with E-state index in [1.54, 1.807) is 13.3 Å². The number of anilines is 1. The lowest BCUT2D eigenvalue weighted by atomic mass is 10.2. The van der Waals surface area contributed by atoms with Gasteiger partial charge in [0.1, 0.15) is 0 Å². The molecule has 0 fully saturated rings. The molecule has 3 aromatic rings. The van der Waals surface area contributed by atoms with Gasteiger partial charge in [0.25, 0.3) is 0 Å². The van der Waals surface area contributed by atoms with E-state index in [2.05, 4.69) is 10.3 Å². The van der Waals surface area contributed by atoms with Gasteiger partial charge in [0, 0.05) is 5.39 Å². The molecule has 0 saturated heterocycles. The summed E-state index contributed by atoms with van der Waals surface area (Å²) in [7, 11) is 1.58. The Hall–Kier alpha value is -3.08. The number of fused-ring (bicyclic) bond motifs is 1. The van der Waals surface area contributed by atoms with Gasteiger partial charge in [0.2, 0.25) is 5.91 Å². The van der Waals surface area contributed by atoms with Crippen LogP contribution in [0.15, 0.2) is 60.8 Å². The topological polar surface area (TPSA) is 60.5 Å². The van der Waals surface area contributed by atoms with Crippen molar-refractivity contribution in [2.75, 3.05) is 19.0 Å². The first-order valence-electron chi connectivity index (χ1n) is 7.67. The first-order valence-corrected chi connectivity index (χ1v) is 7.67. The number of para-hydroxylation sites is 3. The lowest BCUT2D eigenvalue weighted by Crippen LogP contribution is -2.15. The van der Waals surface area contributed by atoms with Crippen molar-refractivity contribution in [3.8, 4) is 11.5 Å². The number of hydrogen-bond donors (Lipinski definition) is 1. The Kier molecular flexibility index (Phi) is 4.91. The SMILES string of the molecule is COc1ccccc1OCCC(=O)Nc1cnc2ccccc2c1. The van der Waals surface area contributed by atoms with E-state index in [1.807, 2.05) is 54.6 Å². The van der Waals surface area contributed by atoms with Crippen molar-refractivity contribution in [2.24, 2.45) is 0 Å². The fourth-order valence-electron chi connectivity index (χ4n) is 2.35. The van der Waals surface area contributed by atoms with E-state index in [9.17, 15) is 4.79 Å². The van der Waals surface area contributed by atoms with Gasteiger partial charge in [-0.25, -0.2) is 0 Å². The lowest BCUT2D eigenvalue weighted by molar-refractivity contribution is -0.116. The van der Waals surface area contributed by atoms with Gasteiger partial charge >= 0.3 is 0 Å². The summed E-state index contributed by atoms with van der Waals surface area (Å²) in [6, 6.07) is 17.0. The molecule has 24 heavy (non-hydrogen) atoms. The number of pyridine rings is 1. The Morgan fingerprint density at radius 3 is 2.67 bits per heavy atom. The van der Waals surface area contributed by atoms with Crippen molar-refractivity contribution in [3.05, 3.63) is 60.8 Å². The lowest BCUT2D eigenvalue weighted by Gasteiger charge is -2.10. The minimum absolute atomic E-state index is 0.123. The number of carbonyl (C=O) groups is 1. The van der Waals surface area contributed by atoms with Crippen LogP contribution in [0.2, 0.25) is 0 Å². The van der Waals surface area contributed by atoms with E-state index in [4.69, 9.17) is 9.47 Å². The second-order valence-corrected chi connectivity index (χ2v) is 5.21.